The molecule has 4 nitrogen and oxygen atoms in total. The van der Waals surface area contributed by atoms with Gasteiger partial charge in [-0.15, -0.1) is 11.3 Å². The van der Waals surface area contributed by atoms with Crippen molar-refractivity contribution in [1.82, 2.24) is 0 Å². The highest BCUT2D eigenvalue weighted by molar-refractivity contribution is 7.19. The molecule has 0 amide bonds. The Hall–Kier alpha value is -2.92. The number of carbonyl (C=O) groups is 2. The molecule has 5 heteroatoms. The van der Waals surface area contributed by atoms with Gasteiger partial charge in [0.1, 0.15) is 0 Å². The van der Waals surface area contributed by atoms with Crippen LogP contribution in [0.2, 0.25) is 0 Å². The minimum absolute atomic E-state index is 0.0795. The van der Waals surface area contributed by atoms with Crippen LogP contribution in [0.5, 0.6) is 0 Å². The number of carboxylic acid groups (broad SMARTS) is 1. The molecule has 0 spiro atoms. The van der Waals surface area contributed by atoms with Gasteiger partial charge in [0.25, 0.3) is 0 Å². The molecule has 3 aromatic rings. The lowest BCUT2D eigenvalue weighted by Gasteiger charge is -2.12. The Bertz CT molecular complexity index is 984. The van der Waals surface area contributed by atoms with Crippen LogP contribution in [-0.2, 0) is 11.2 Å². The predicted octanol–water partition coefficient (Wildman–Crippen LogP) is 4.49. The molecule has 0 aliphatic carbocycles. The van der Waals surface area contributed by atoms with Crippen LogP contribution >= 0.6 is 11.3 Å². The molecule has 0 aliphatic rings. The van der Waals surface area contributed by atoms with E-state index in [2.05, 4.69) is 0 Å². The average Bonchev–Trinajstić information content (AvgIpc) is 3.02. The summed E-state index contributed by atoms with van der Waals surface area (Å²) < 4.78 is 1.07. The quantitative estimate of drug-likeness (QED) is 0.516. The Balaban J connectivity index is 1.77. The number of hydrogen-bond acceptors (Lipinski definition) is 4. The minimum atomic E-state index is -0.964. The van der Waals surface area contributed by atoms with Gasteiger partial charge >= 0.3 is 5.97 Å². The maximum atomic E-state index is 12.5. The summed E-state index contributed by atoms with van der Waals surface area (Å²) in [5.74, 6) is -0.884. The fraction of sp³-hybridized carbons (Fsp3) is 0.143. The summed E-state index contributed by atoms with van der Waals surface area (Å²) in [6, 6.07) is 15.5. The molecular formula is C21H19NO3S. The van der Waals surface area contributed by atoms with E-state index in [4.69, 9.17) is 5.11 Å². The fourth-order valence-electron chi connectivity index (χ4n) is 2.69. The zero-order valence-corrected chi connectivity index (χ0v) is 15.4. The normalized spacial score (nSPS) is 11.2. The number of ketones is 1. The Labute approximate surface area is 156 Å². The van der Waals surface area contributed by atoms with Crippen LogP contribution < -0.4 is 4.90 Å². The van der Waals surface area contributed by atoms with Crippen LogP contribution in [0.3, 0.4) is 0 Å². The highest BCUT2D eigenvalue weighted by atomic mass is 32.1. The lowest BCUT2D eigenvalue weighted by Crippen LogP contribution is -2.09. The van der Waals surface area contributed by atoms with E-state index in [1.807, 2.05) is 67.5 Å². The van der Waals surface area contributed by atoms with Gasteiger partial charge in [-0.25, -0.2) is 4.79 Å². The topological polar surface area (TPSA) is 57.6 Å². The van der Waals surface area contributed by atoms with Gasteiger partial charge < -0.3 is 10.0 Å². The average molecular weight is 365 g/mol. The molecule has 0 atom stereocenters. The van der Waals surface area contributed by atoms with Gasteiger partial charge in [0.2, 0.25) is 0 Å². The molecule has 1 heterocycles. The molecule has 26 heavy (non-hydrogen) atoms. The van der Waals surface area contributed by atoms with Crippen molar-refractivity contribution in [2.45, 2.75) is 6.42 Å². The van der Waals surface area contributed by atoms with E-state index in [1.165, 1.54) is 11.3 Å². The first-order valence-electron chi connectivity index (χ1n) is 8.16. The van der Waals surface area contributed by atoms with Crippen molar-refractivity contribution in [1.29, 1.82) is 0 Å². The van der Waals surface area contributed by atoms with E-state index >= 15 is 0 Å². The van der Waals surface area contributed by atoms with Crippen molar-refractivity contribution in [3.63, 3.8) is 0 Å². The van der Waals surface area contributed by atoms with Gasteiger partial charge in [0.15, 0.2) is 5.78 Å². The van der Waals surface area contributed by atoms with Crippen molar-refractivity contribution in [3.05, 3.63) is 70.6 Å². The van der Waals surface area contributed by atoms with Gasteiger partial charge in [-0.3, -0.25) is 4.79 Å². The van der Waals surface area contributed by atoms with Gasteiger partial charge in [0.05, 0.1) is 0 Å². The SMILES string of the molecule is CN(C)c1ccc(C(=O)Cc2ccc3sc(/C=C/C(=O)O)cc3c2)cc1. The second-order valence-corrected chi connectivity index (χ2v) is 7.35. The van der Waals surface area contributed by atoms with Gasteiger partial charge in [-0.2, -0.15) is 0 Å². The summed E-state index contributed by atoms with van der Waals surface area (Å²) in [7, 11) is 3.93. The number of rotatable bonds is 6. The number of nitrogens with zero attached hydrogens (tertiary/aromatic N) is 1. The number of hydrogen-bond donors (Lipinski definition) is 1. The zero-order valence-electron chi connectivity index (χ0n) is 14.6. The molecule has 1 aromatic heterocycles. The molecule has 0 saturated heterocycles. The molecule has 0 bridgehead atoms. The van der Waals surface area contributed by atoms with Crippen molar-refractivity contribution >= 4 is 44.9 Å². The minimum Gasteiger partial charge on any atom is -0.478 e. The maximum Gasteiger partial charge on any atom is 0.328 e. The van der Waals surface area contributed by atoms with E-state index in [0.29, 0.717) is 12.0 Å². The van der Waals surface area contributed by atoms with Gasteiger partial charge in [-0.05, 0) is 59.5 Å². The predicted molar refractivity (Wildman–Crippen MR) is 107 cm³/mol. The van der Waals surface area contributed by atoms with Gasteiger partial charge in [-0.1, -0.05) is 6.07 Å². The summed E-state index contributed by atoms with van der Waals surface area (Å²) in [6.07, 6.45) is 3.06. The third-order valence-corrected chi connectivity index (χ3v) is 5.14. The Morgan fingerprint density at radius 1 is 1.08 bits per heavy atom. The van der Waals surface area contributed by atoms with E-state index in [9.17, 15) is 9.59 Å². The van der Waals surface area contributed by atoms with Gasteiger partial charge in [0, 0.05) is 47.4 Å². The van der Waals surface area contributed by atoms with Crippen molar-refractivity contribution in [3.8, 4) is 0 Å². The molecule has 0 fully saturated rings. The third-order valence-electron chi connectivity index (χ3n) is 4.06. The standard InChI is InChI=1S/C21H19NO3S/c1-22(2)17-6-4-15(5-7-17)19(23)12-14-3-9-20-16(11-14)13-18(26-20)8-10-21(24)25/h3-11,13H,12H2,1-2H3,(H,24,25)/b10-8+. The highest BCUT2D eigenvalue weighted by Crippen LogP contribution is 2.28. The lowest BCUT2D eigenvalue weighted by atomic mass is 10.0. The van der Waals surface area contributed by atoms with Crippen molar-refractivity contribution in [2.24, 2.45) is 0 Å². The number of carboxylic acids is 1. The van der Waals surface area contributed by atoms with Crippen molar-refractivity contribution < 1.29 is 14.7 Å². The number of anilines is 1. The van der Waals surface area contributed by atoms with Crippen LogP contribution in [0.15, 0.2) is 54.6 Å². The molecule has 0 unspecified atom stereocenters. The lowest BCUT2D eigenvalue weighted by molar-refractivity contribution is -0.131. The molecule has 0 saturated carbocycles. The first-order chi connectivity index (χ1) is 12.4. The second kappa shape index (κ2) is 7.54. The number of aliphatic carboxylic acids is 1. The summed E-state index contributed by atoms with van der Waals surface area (Å²) >= 11 is 1.53. The Morgan fingerprint density at radius 2 is 1.81 bits per heavy atom. The molecular weight excluding hydrogens is 346 g/mol. The third kappa shape index (κ3) is 4.18. The molecule has 1 N–H and O–H groups in total. The monoisotopic (exact) mass is 365 g/mol. The molecule has 0 aliphatic heterocycles. The largest absolute Gasteiger partial charge is 0.478 e. The van der Waals surface area contributed by atoms with Crippen LogP contribution in [-0.4, -0.2) is 31.0 Å². The van der Waals surface area contributed by atoms with E-state index in [1.54, 1.807) is 6.08 Å². The fourth-order valence-corrected chi connectivity index (χ4v) is 3.64. The van der Waals surface area contributed by atoms with Crippen molar-refractivity contribution in [2.75, 3.05) is 19.0 Å². The zero-order chi connectivity index (χ0) is 18.7. The molecule has 0 radical (unpaired) electrons. The highest BCUT2D eigenvalue weighted by Gasteiger charge is 2.09. The second-order valence-electron chi connectivity index (χ2n) is 6.23. The van der Waals surface area contributed by atoms with E-state index in [-0.39, 0.29) is 5.78 Å². The Kier molecular flexibility index (Phi) is 5.19. The van der Waals surface area contributed by atoms with Crippen LogP contribution in [0.25, 0.3) is 16.2 Å². The molecule has 132 valence electrons. The maximum absolute atomic E-state index is 12.5. The summed E-state index contributed by atoms with van der Waals surface area (Å²) in [6.45, 7) is 0. The molecule has 2 aromatic carbocycles. The number of Topliss-reactive ketones (excluding diaryl/α,β-unsaturated/α-hetero) is 1. The number of carbonyl (C=O) groups excluding carboxylic acids is 1. The smallest absolute Gasteiger partial charge is 0.328 e. The first-order valence-corrected chi connectivity index (χ1v) is 8.98. The number of benzene rings is 2. The number of thiophene rings is 1. The van der Waals surface area contributed by atoms with Crippen LogP contribution in [0.1, 0.15) is 20.8 Å². The summed E-state index contributed by atoms with van der Waals surface area (Å²) in [4.78, 5) is 26.0. The Morgan fingerprint density at radius 3 is 2.46 bits per heavy atom. The summed E-state index contributed by atoms with van der Waals surface area (Å²) in [5, 5.41) is 9.75. The first kappa shape index (κ1) is 17.9. The van der Waals surface area contributed by atoms with Crippen LogP contribution in [0, 0.1) is 0 Å². The molecule has 3 rings (SSSR count). The van der Waals surface area contributed by atoms with E-state index < -0.39 is 5.97 Å². The number of fused-ring (bicyclic) bond motifs is 1. The van der Waals surface area contributed by atoms with Crippen LogP contribution in [0.4, 0.5) is 5.69 Å². The summed E-state index contributed by atoms with van der Waals surface area (Å²) in [5.41, 5.74) is 2.71. The van der Waals surface area contributed by atoms with E-state index in [0.717, 1.165) is 32.3 Å².